The predicted molar refractivity (Wildman–Crippen MR) is 79.8 cm³/mol. The van der Waals surface area contributed by atoms with Crippen LogP contribution in [0.5, 0.6) is 0 Å². The van der Waals surface area contributed by atoms with Gasteiger partial charge in [0.15, 0.2) is 0 Å². The summed E-state index contributed by atoms with van der Waals surface area (Å²) in [6.07, 6.45) is 0.612. The van der Waals surface area contributed by atoms with Crippen molar-refractivity contribution in [2.45, 2.75) is 32.4 Å². The molecule has 0 radical (unpaired) electrons. The molecule has 1 aliphatic rings. The van der Waals surface area contributed by atoms with Crippen LogP contribution in [0.15, 0.2) is 30.3 Å². The lowest BCUT2D eigenvalue weighted by Crippen LogP contribution is -2.45. The Morgan fingerprint density at radius 3 is 2.52 bits per heavy atom. The van der Waals surface area contributed by atoms with Gasteiger partial charge < -0.3 is 10.4 Å². The highest BCUT2D eigenvalue weighted by atomic mass is 16.4. The van der Waals surface area contributed by atoms with Crippen LogP contribution in [0.25, 0.3) is 0 Å². The third-order valence-electron chi connectivity index (χ3n) is 4.15. The maximum absolute atomic E-state index is 12.3. The minimum Gasteiger partial charge on any atom is -0.481 e. The highest BCUT2D eigenvalue weighted by molar-refractivity contribution is 5.82. The Balaban J connectivity index is 1.90. The van der Waals surface area contributed by atoms with Crippen molar-refractivity contribution in [3.8, 4) is 0 Å². The molecule has 0 saturated carbocycles. The number of rotatable bonds is 5. The highest BCUT2D eigenvalue weighted by Crippen LogP contribution is 2.19. The van der Waals surface area contributed by atoms with Gasteiger partial charge in [-0.25, -0.2) is 0 Å². The van der Waals surface area contributed by atoms with E-state index in [2.05, 4.69) is 5.32 Å². The molecule has 0 bridgehead atoms. The number of carbonyl (C=O) groups excluding carboxylic acids is 1. The molecule has 0 aromatic heterocycles. The Morgan fingerprint density at radius 1 is 1.29 bits per heavy atom. The number of nitrogens with one attached hydrogen (secondary N) is 1. The number of likely N-dealkylation sites (tertiary alicyclic amines) is 1. The predicted octanol–water partition coefficient (Wildman–Crippen LogP) is 1.66. The van der Waals surface area contributed by atoms with E-state index in [-0.39, 0.29) is 23.9 Å². The maximum atomic E-state index is 12.3. The lowest BCUT2D eigenvalue weighted by molar-refractivity contribution is -0.141. The zero-order chi connectivity index (χ0) is 15.4. The lowest BCUT2D eigenvalue weighted by atomic mass is 10.1. The molecule has 5 heteroatoms. The second-order valence-corrected chi connectivity index (χ2v) is 5.64. The number of amides is 1. The van der Waals surface area contributed by atoms with Gasteiger partial charge >= 0.3 is 5.97 Å². The van der Waals surface area contributed by atoms with Crippen LogP contribution in [-0.4, -0.2) is 41.0 Å². The third kappa shape index (κ3) is 3.82. The molecule has 1 aromatic carbocycles. The van der Waals surface area contributed by atoms with Crippen molar-refractivity contribution < 1.29 is 14.7 Å². The Bertz CT molecular complexity index is 504. The summed E-state index contributed by atoms with van der Waals surface area (Å²) in [5.41, 5.74) is 1.06. The minimum atomic E-state index is -0.775. The number of nitrogens with zero attached hydrogens (tertiary/aromatic N) is 1. The first kappa shape index (κ1) is 15.5. The average molecular weight is 290 g/mol. The number of hydrogen-bond donors (Lipinski definition) is 2. The summed E-state index contributed by atoms with van der Waals surface area (Å²) in [7, 11) is 0. The fourth-order valence-corrected chi connectivity index (χ4v) is 2.67. The molecule has 1 amide bonds. The van der Waals surface area contributed by atoms with Crippen molar-refractivity contribution in [3.63, 3.8) is 0 Å². The van der Waals surface area contributed by atoms with Crippen molar-refractivity contribution in [1.82, 2.24) is 10.2 Å². The summed E-state index contributed by atoms with van der Waals surface area (Å²) in [5, 5.41) is 12.0. The van der Waals surface area contributed by atoms with E-state index in [0.717, 1.165) is 5.56 Å². The van der Waals surface area contributed by atoms with Gasteiger partial charge in [-0.2, -0.15) is 0 Å². The molecule has 0 aliphatic carbocycles. The van der Waals surface area contributed by atoms with E-state index in [9.17, 15) is 9.59 Å². The second kappa shape index (κ2) is 6.72. The summed E-state index contributed by atoms with van der Waals surface area (Å²) in [6, 6.07) is 9.42. The van der Waals surface area contributed by atoms with Crippen LogP contribution in [0.4, 0.5) is 0 Å². The zero-order valence-electron chi connectivity index (χ0n) is 12.5. The number of carboxylic acids is 1. The molecule has 3 unspecified atom stereocenters. The summed E-state index contributed by atoms with van der Waals surface area (Å²) < 4.78 is 0. The van der Waals surface area contributed by atoms with Gasteiger partial charge in [-0.15, -0.1) is 0 Å². The van der Waals surface area contributed by atoms with Gasteiger partial charge in [0.2, 0.25) is 5.91 Å². The molecule has 114 valence electrons. The van der Waals surface area contributed by atoms with Crippen LogP contribution in [0.3, 0.4) is 0 Å². The highest BCUT2D eigenvalue weighted by Gasteiger charge is 2.33. The maximum Gasteiger partial charge on any atom is 0.307 e. The Kier molecular flexibility index (Phi) is 4.96. The van der Waals surface area contributed by atoms with Gasteiger partial charge in [0.05, 0.1) is 18.0 Å². The zero-order valence-corrected chi connectivity index (χ0v) is 12.5. The molecule has 1 heterocycles. The Labute approximate surface area is 125 Å². The molecular weight excluding hydrogens is 268 g/mol. The van der Waals surface area contributed by atoms with Crippen molar-refractivity contribution in [2.75, 3.05) is 13.1 Å². The Morgan fingerprint density at radius 2 is 1.95 bits per heavy atom. The topological polar surface area (TPSA) is 69.6 Å². The molecule has 1 aliphatic heterocycles. The van der Waals surface area contributed by atoms with E-state index in [1.807, 2.05) is 49.1 Å². The summed E-state index contributed by atoms with van der Waals surface area (Å²) in [6.45, 7) is 4.89. The van der Waals surface area contributed by atoms with Crippen LogP contribution in [0.2, 0.25) is 0 Å². The monoisotopic (exact) mass is 290 g/mol. The number of aliphatic carboxylic acids is 1. The number of carboxylic acid groups (broad SMARTS) is 1. The van der Waals surface area contributed by atoms with E-state index >= 15 is 0 Å². The fraction of sp³-hybridized carbons (Fsp3) is 0.500. The van der Waals surface area contributed by atoms with E-state index < -0.39 is 5.97 Å². The first-order valence-electron chi connectivity index (χ1n) is 7.31. The molecule has 1 fully saturated rings. The summed E-state index contributed by atoms with van der Waals surface area (Å²) in [5.74, 6) is -1.19. The van der Waals surface area contributed by atoms with Crippen molar-refractivity contribution in [1.29, 1.82) is 0 Å². The number of benzene rings is 1. The van der Waals surface area contributed by atoms with Gasteiger partial charge in [0, 0.05) is 6.54 Å². The van der Waals surface area contributed by atoms with Crippen LogP contribution in [0, 0.1) is 5.92 Å². The Hall–Kier alpha value is -1.88. The van der Waals surface area contributed by atoms with Crippen LogP contribution >= 0.6 is 0 Å². The largest absolute Gasteiger partial charge is 0.481 e. The van der Waals surface area contributed by atoms with Gasteiger partial charge in [-0.05, 0) is 32.4 Å². The van der Waals surface area contributed by atoms with Gasteiger partial charge in [-0.1, -0.05) is 30.3 Å². The SMILES string of the molecule is CC(NC(=O)C(C)N1CCC(C(=O)O)C1)c1ccccc1. The van der Waals surface area contributed by atoms with Crippen molar-refractivity contribution in [3.05, 3.63) is 35.9 Å². The first-order valence-corrected chi connectivity index (χ1v) is 7.31. The van der Waals surface area contributed by atoms with E-state index in [4.69, 9.17) is 5.11 Å². The molecule has 2 N–H and O–H groups in total. The smallest absolute Gasteiger partial charge is 0.307 e. The molecule has 0 spiro atoms. The average Bonchev–Trinajstić information content (AvgIpc) is 2.97. The lowest BCUT2D eigenvalue weighted by Gasteiger charge is -2.25. The number of hydrogen-bond acceptors (Lipinski definition) is 3. The van der Waals surface area contributed by atoms with Crippen molar-refractivity contribution >= 4 is 11.9 Å². The minimum absolute atomic E-state index is 0.0565. The van der Waals surface area contributed by atoms with Gasteiger partial charge in [-0.3, -0.25) is 14.5 Å². The van der Waals surface area contributed by atoms with E-state index in [1.165, 1.54) is 0 Å². The molecule has 5 nitrogen and oxygen atoms in total. The first-order chi connectivity index (χ1) is 9.99. The molecule has 1 saturated heterocycles. The second-order valence-electron chi connectivity index (χ2n) is 5.64. The van der Waals surface area contributed by atoms with Crippen LogP contribution in [0.1, 0.15) is 31.9 Å². The third-order valence-corrected chi connectivity index (χ3v) is 4.15. The molecule has 3 atom stereocenters. The van der Waals surface area contributed by atoms with E-state index in [1.54, 1.807) is 0 Å². The van der Waals surface area contributed by atoms with Crippen LogP contribution < -0.4 is 5.32 Å². The molecule has 2 rings (SSSR count). The van der Waals surface area contributed by atoms with Crippen LogP contribution in [-0.2, 0) is 9.59 Å². The normalized spacial score (nSPS) is 21.7. The molecule has 1 aromatic rings. The summed E-state index contributed by atoms with van der Waals surface area (Å²) in [4.78, 5) is 25.2. The van der Waals surface area contributed by atoms with Gasteiger partial charge in [0.1, 0.15) is 0 Å². The van der Waals surface area contributed by atoms with E-state index in [0.29, 0.717) is 19.5 Å². The molecule has 21 heavy (non-hydrogen) atoms. The standard InChI is InChI=1S/C16H22N2O3/c1-11(13-6-4-3-5-7-13)17-15(19)12(2)18-9-8-14(10-18)16(20)21/h3-7,11-12,14H,8-10H2,1-2H3,(H,17,19)(H,20,21). The number of carbonyl (C=O) groups is 2. The summed E-state index contributed by atoms with van der Waals surface area (Å²) >= 11 is 0. The fourth-order valence-electron chi connectivity index (χ4n) is 2.67. The quantitative estimate of drug-likeness (QED) is 0.865. The van der Waals surface area contributed by atoms with Gasteiger partial charge in [0.25, 0.3) is 0 Å². The van der Waals surface area contributed by atoms with Crippen molar-refractivity contribution in [2.24, 2.45) is 5.92 Å². The molecular formula is C16H22N2O3.